The normalized spacial score (nSPS) is 20.9. The van der Waals surface area contributed by atoms with Gasteiger partial charge in [0.25, 0.3) is 0 Å². The highest BCUT2D eigenvalue weighted by Crippen LogP contribution is 2.21. The Morgan fingerprint density at radius 3 is 2.64 bits per heavy atom. The average Bonchev–Trinajstić information content (AvgIpc) is 2.93. The summed E-state index contributed by atoms with van der Waals surface area (Å²) >= 11 is 0. The van der Waals surface area contributed by atoms with Crippen LogP contribution in [0.5, 0.6) is 0 Å². The Hall–Kier alpha value is -2.03. The van der Waals surface area contributed by atoms with E-state index in [0.29, 0.717) is 25.6 Å². The largest absolute Gasteiger partial charge is 0.337 e. The Bertz CT molecular complexity index is 524. The molecule has 1 saturated heterocycles. The van der Waals surface area contributed by atoms with Crippen molar-refractivity contribution in [2.24, 2.45) is 5.92 Å². The van der Waals surface area contributed by atoms with Gasteiger partial charge in [-0.15, -0.1) is 0 Å². The number of urea groups is 1. The zero-order chi connectivity index (χ0) is 16.5. The van der Waals surface area contributed by atoms with Crippen molar-refractivity contribution in [3.05, 3.63) is 59.8 Å². The fraction of sp³-hybridized carbons (Fsp3) is 0.421. The molecule has 0 aromatic rings. The standard InChI is InChI=1S/C19H28N2O/c1-6-9-18-14-21(13-17(18)8-3)19(22)20-12-16(5)11-10-15(4)7-2/h6-11,16H,1,12-14H2,2-5H3,(H,20,22)/b11-10-,15-7-,17-8-,18-9-. The van der Waals surface area contributed by atoms with Gasteiger partial charge in [-0.2, -0.15) is 0 Å². The van der Waals surface area contributed by atoms with Crippen molar-refractivity contribution in [2.45, 2.75) is 27.7 Å². The lowest BCUT2D eigenvalue weighted by Crippen LogP contribution is -2.39. The molecule has 0 aromatic heterocycles. The minimum absolute atomic E-state index is 0.00480. The van der Waals surface area contributed by atoms with E-state index in [1.807, 2.05) is 24.8 Å². The maximum absolute atomic E-state index is 12.3. The van der Waals surface area contributed by atoms with Gasteiger partial charge in [-0.05, 0) is 37.8 Å². The average molecular weight is 300 g/mol. The number of hydrogen-bond acceptors (Lipinski definition) is 1. The second-order valence-corrected chi connectivity index (χ2v) is 5.65. The molecule has 3 nitrogen and oxygen atoms in total. The summed E-state index contributed by atoms with van der Waals surface area (Å²) in [5, 5.41) is 3.01. The number of amides is 2. The summed E-state index contributed by atoms with van der Waals surface area (Å²) in [7, 11) is 0. The molecule has 22 heavy (non-hydrogen) atoms. The predicted molar refractivity (Wildman–Crippen MR) is 94.7 cm³/mol. The van der Waals surface area contributed by atoms with E-state index < -0.39 is 0 Å². The summed E-state index contributed by atoms with van der Waals surface area (Å²) in [6, 6.07) is -0.00480. The number of carbonyl (C=O) groups excluding carboxylic acids is 1. The molecule has 1 N–H and O–H groups in total. The quantitative estimate of drug-likeness (QED) is 0.757. The number of nitrogens with one attached hydrogen (secondary N) is 1. The van der Waals surface area contributed by atoms with Crippen LogP contribution in [-0.4, -0.2) is 30.6 Å². The van der Waals surface area contributed by atoms with Crippen LogP contribution in [0.15, 0.2) is 59.8 Å². The van der Waals surface area contributed by atoms with Crippen LogP contribution in [-0.2, 0) is 0 Å². The summed E-state index contributed by atoms with van der Waals surface area (Å²) in [6.07, 6.45) is 12.1. The molecule has 1 aliphatic rings. The number of hydrogen-bond donors (Lipinski definition) is 1. The van der Waals surface area contributed by atoms with Crippen molar-refractivity contribution in [2.75, 3.05) is 19.6 Å². The summed E-state index contributed by atoms with van der Waals surface area (Å²) in [5.74, 6) is 0.311. The van der Waals surface area contributed by atoms with E-state index in [1.165, 1.54) is 16.7 Å². The van der Waals surface area contributed by atoms with Crippen molar-refractivity contribution in [3.63, 3.8) is 0 Å². The summed E-state index contributed by atoms with van der Waals surface area (Å²) in [4.78, 5) is 14.1. The Morgan fingerprint density at radius 2 is 2.05 bits per heavy atom. The highest BCUT2D eigenvalue weighted by atomic mass is 16.2. The van der Waals surface area contributed by atoms with Crippen LogP contribution < -0.4 is 5.32 Å². The van der Waals surface area contributed by atoms with Gasteiger partial charge in [-0.3, -0.25) is 0 Å². The molecule has 0 bridgehead atoms. The Balaban J connectivity index is 2.52. The summed E-state index contributed by atoms with van der Waals surface area (Å²) < 4.78 is 0. The molecule has 0 aliphatic carbocycles. The molecule has 0 saturated carbocycles. The lowest BCUT2D eigenvalue weighted by atomic mass is 10.1. The number of carbonyl (C=O) groups is 1. The zero-order valence-electron chi connectivity index (χ0n) is 14.2. The van der Waals surface area contributed by atoms with Crippen LogP contribution in [0.3, 0.4) is 0 Å². The van der Waals surface area contributed by atoms with Gasteiger partial charge in [-0.25, -0.2) is 4.79 Å². The first-order valence-electron chi connectivity index (χ1n) is 7.82. The van der Waals surface area contributed by atoms with Gasteiger partial charge in [0, 0.05) is 19.6 Å². The lowest BCUT2D eigenvalue weighted by molar-refractivity contribution is 0.210. The van der Waals surface area contributed by atoms with Crippen molar-refractivity contribution in [1.29, 1.82) is 0 Å². The van der Waals surface area contributed by atoms with Crippen molar-refractivity contribution >= 4 is 6.03 Å². The molecule has 1 heterocycles. The second-order valence-electron chi connectivity index (χ2n) is 5.65. The summed E-state index contributed by atoms with van der Waals surface area (Å²) in [6.45, 7) is 13.9. The van der Waals surface area contributed by atoms with Crippen LogP contribution in [0, 0.1) is 5.92 Å². The van der Waals surface area contributed by atoms with Crippen LogP contribution in [0.25, 0.3) is 0 Å². The SMILES string of the molecule is C=C/C=C1/CN(C(=O)NCC(C)/C=C\C(C)=C/C)C/C1=C/C. The van der Waals surface area contributed by atoms with Gasteiger partial charge in [0.1, 0.15) is 0 Å². The van der Waals surface area contributed by atoms with E-state index in [1.54, 1.807) is 6.08 Å². The molecule has 0 aromatic carbocycles. The van der Waals surface area contributed by atoms with E-state index in [9.17, 15) is 4.79 Å². The van der Waals surface area contributed by atoms with Gasteiger partial charge in [0.05, 0.1) is 0 Å². The monoisotopic (exact) mass is 300 g/mol. The summed E-state index contributed by atoms with van der Waals surface area (Å²) in [5.41, 5.74) is 3.60. The highest BCUT2D eigenvalue weighted by Gasteiger charge is 2.24. The Morgan fingerprint density at radius 1 is 1.36 bits per heavy atom. The molecule has 1 fully saturated rings. The number of likely N-dealkylation sites (tertiary alicyclic amines) is 1. The van der Waals surface area contributed by atoms with Crippen LogP contribution in [0.1, 0.15) is 27.7 Å². The van der Waals surface area contributed by atoms with E-state index in [2.05, 4.69) is 50.0 Å². The van der Waals surface area contributed by atoms with Gasteiger partial charge in [0.15, 0.2) is 0 Å². The molecular weight excluding hydrogens is 272 g/mol. The molecule has 120 valence electrons. The van der Waals surface area contributed by atoms with E-state index in [4.69, 9.17) is 0 Å². The molecule has 1 atom stereocenters. The van der Waals surface area contributed by atoms with E-state index >= 15 is 0 Å². The molecule has 1 rings (SSSR count). The zero-order valence-corrected chi connectivity index (χ0v) is 14.2. The van der Waals surface area contributed by atoms with Gasteiger partial charge in [0.2, 0.25) is 0 Å². The van der Waals surface area contributed by atoms with Crippen LogP contribution >= 0.6 is 0 Å². The minimum Gasteiger partial charge on any atom is -0.337 e. The fourth-order valence-electron chi connectivity index (χ4n) is 2.23. The Kier molecular flexibility index (Phi) is 7.44. The molecule has 1 unspecified atom stereocenters. The molecule has 3 heteroatoms. The maximum Gasteiger partial charge on any atom is 0.318 e. The number of rotatable bonds is 5. The molecule has 1 aliphatic heterocycles. The van der Waals surface area contributed by atoms with Crippen molar-refractivity contribution in [1.82, 2.24) is 10.2 Å². The third kappa shape index (κ3) is 5.40. The molecule has 0 radical (unpaired) electrons. The first kappa shape index (κ1) is 18.0. The third-order valence-electron chi connectivity index (χ3n) is 3.81. The van der Waals surface area contributed by atoms with Crippen molar-refractivity contribution in [3.8, 4) is 0 Å². The van der Waals surface area contributed by atoms with Crippen LogP contribution in [0.2, 0.25) is 0 Å². The van der Waals surface area contributed by atoms with E-state index in [-0.39, 0.29) is 6.03 Å². The maximum atomic E-state index is 12.3. The first-order valence-corrected chi connectivity index (χ1v) is 7.82. The number of allylic oxidation sites excluding steroid dienone is 6. The van der Waals surface area contributed by atoms with Crippen LogP contribution in [0.4, 0.5) is 4.79 Å². The minimum atomic E-state index is -0.00480. The molecular formula is C19H28N2O. The predicted octanol–water partition coefficient (Wildman–Crippen LogP) is 4.23. The molecule has 2 amide bonds. The van der Waals surface area contributed by atoms with E-state index in [0.717, 1.165) is 0 Å². The topological polar surface area (TPSA) is 32.3 Å². The fourth-order valence-corrected chi connectivity index (χ4v) is 2.23. The van der Waals surface area contributed by atoms with Gasteiger partial charge in [-0.1, -0.05) is 55.5 Å². The first-order chi connectivity index (χ1) is 10.5. The van der Waals surface area contributed by atoms with Gasteiger partial charge < -0.3 is 10.2 Å². The second kappa shape index (κ2) is 9.08. The smallest absolute Gasteiger partial charge is 0.318 e. The van der Waals surface area contributed by atoms with Crippen molar-refractivity contribution < 1.29 is 4.79 Å². The number of nitrogens with zero attached hydrogens (tertiary/aromatic N) is 1. The third-order valence-corrected chi connectivity index (χ3v) is 3.81. The lowest BCUT2D eigenvalue weighted by Gasteiger charge is -2.17. The Labute approximate surface area is 134 Å². The molecule has 0 spiro atoms. The van der Waals surface area contributed by atoms with Gasteiger partial charge >= 0.3 is 6.03 Å². The highest BCUT2D eigenvalue weighted by molar-refractivity contribution is 5.76.